The molecule has 0 spiro atoms. The van der Waals surface area contributed by atoms with E-state index in [9.17, 15) is 13.2 Å². The highest BCUT2D eigenvalue weighted by atomic mass is 127. The third-order valence-electron chi connectivity index (χ3n) is 3.45. The van der Waals surface area contributed by atoms with Gasteiger partial charge >= 0.3 is 6.18 Å². The number of rotatable bonds is 5. The Hall–Kier alpha value is -1.36. The molecule has 0 amide bonds. The summed E-state index contributed by atoms with van der Waals surface area (Å²) in [7, 11) is 0. The quantitative estimate of drug-likeness (QED) is 0.350. The number of aryl methyl sites for hydroxylation is 1. The summed E-state index contributed by atoms with van der Waals surface area (Å²) in [6.07, 6.45) is -2.56. The molecule has 0 fully saturated rings. The van der Waals surface area contributed by atoms with Crippen molar-refractivity contribution in [3.63, 3.8) is 0 Å². The first-order valence-electron chi connectivity index (χ1n) is 7.93. The molecule has 2 N–H and O–H groups in total. The number of halogens is 4. The van der Waals surface area contributed by atoms with E-state index in [0.29, 0.717) is 24.6 Å². The Morgan fingerprint density at radius 1 is 1.35 bits per heavy atom. The van der Waals surface area contributed by atoms with E-state index < -0.39 is 11.7 Å². The fraction of sp³-hybridized carbons (Fsp3) is 0.412. The maximum atomic E-state index is 12.9. The molecule has 1 heterocycles. The van der Waals surface area contributed by atoms with Crippen LogP contribution in [-0.2, 0) is 12.7 Å². The molecule has 0 saturated heterocycles. The fourth-order valence-electron chi connectivity index (χ4n) is 2.21. The van der Waals surface area contributed by atoms with Gasteiger partial charge < -0.3 is 10.6 Å². The van der Waals surface area contributed by atoms with Gasteiger partial charge in [0.25, 0.3) is 0 Å². The van der Waals surface area contributed by atoms with Gasteiger partial charge in [0, 0.05) is 17.6 Å². The molecule has 4 nitrogen and oxygen atoms in total. The molecule has 1 unspecified atom stereocenters. The van der Waals surface area contributed by atoms with E-state index in [1.165, 1.54) is 6.07 Å². The van der Waals surface area contributed by atoms with Crippen LogP contribution in [0.1, 0.15) is 40.9 Å². The summed E-state index contributed by atoms with van der Waals surface area (Å²) < 4.78 is 38.6. The van der Waals surface area contributed by atoms with Crippen molar-refractivity contribution in [1.29, 1.82) is 0 Å². The topological polar surface area (TPSA) is 49.3 Å². The van der Waals surface area contributed by atoms with E-state index >= 15 is 0 Å². The van der Waals surface area contributed by atoms with E-state index in [1.54, 1.807) is 30.5 Å². The van der Waals surface area contributed by atoms with E-state index in [-0.39, 0.29) is 30.0 Å². The van der Waals surface area contributed by atoms with Crippen molar-refractivity contribution in [3.05, 3.63) is 51.5 Å². The monoisotopic (exact) mass is 498 g/mol. The number of nitrogens with one attached hydrogen (secondary N) is 2. The number of alkyl halides is 3. The van der Waals surface area contributed by atoms with Gasteiger partial charge in [-0.2, -0.15) is 13.2 Å². The highest BCUT2D eigenvalue weighted by Gasteiger charge is 2.30. The molecule has 144 valence electrons. The SMILES string of the molecule is CCNC(=NCc1ncc(C)s1)NC(C)c1cccc(C(F)(F)F)c1.I. The predicted octanol–water partition coefficient (Wildman–Crippen LogP) is 4.90. The normalized spacial score (nSPS) is 13.1. The molecule has 0 aliphatic carbocycles. The summed E-state index contributed by atoms with van der Waals surface area (Å²) in [6.45, 7) is 6.78. The van der Waals surface area contributed by atoms with Crippen LogP contribution in [0.3, 0.4) is 0 Å². The van der Waals surface area contributed by atoms with Gasteiger partial charge in [-0.25, -0.2) is 9.98 Å². The number of hydrogen-bond donors (Lipinski definition) is 2. The second-order valence-corrected chi connectivity index (χ2v) is 6.87. The Morgan fingerprint density at radius 3 is 2.65 bits per heavy atom. The van der Waals surface area contributed by atoms with Crippen molar-refractivity contribution in [3.8, 4) is 0 Å². The average molecular weight is 498 g/mol. The number of hydrogen-bond acceptors (Lipinski definition) is 3. The second-order valence-electron chi connectivity index (χ2n) is 5.55. The molecule has 26 heavy (non-hydrogen) atoms. The predicted molar refractivity (Wildman–Crippen MR) is 110 cm³/mol. The van der Waals surface area contributed by atoms with Crippen molar-refractivity contribution in [1.82, 2.24) is 15.6 Å². The molecule has 1 aromatic heterocycles. The van der Waals surface area contributed by atoms with E-state index in [1.807, 2.05) is 13.8 Å². The van der Waals surface area contributed by atoms with Crippen molar-refractivity contribution < 1.29 is 13.2 Å². The Balaban J connectivity index is 0.00000338. The number of thiazole rings is 1. The lowest BCUT2D eigenvalue weighted by Gasteiger charge is -2.19. The molecule has 0 aliphatic rings. The fourth-order valence-corrected chi connectivity index (χ4v) is 2.93. The van der Waals surface area contributed by atoms with Gasteiger partial charge in [-0.1, -0.05) is 12.1 Å². The minimum atomic E-state index is -4.35. The van der Waals surface area contributed by atoms with Gasteiger partial charge in [0.1, 0.15) is 5.01 Å². The third-order valence-corrected chi connectivity index (χ3v) is 4.35. The molecular formula is C17H22F3IN4S. The summed E-state index contributed by atoms with van der Waals surface area (Å²) in [5.41, 5.74) is -0.107. The van der Waals surface area contributed by atoms with Gasteiger partial charge in [-0.05, 0) is 38.5 Å². The molecule has 0 saturated carbocycles. The first kappa shape index (κ1) is 22.7. The van der Waals surface area contributed by atoms with Crippen LogP contribution in [0.4, 0.5) is 13.2 Å². The van der Waals surface area contributed by atoms with Crippen LogP contribution in [0.25, 0.3) is 0 Å². The standard InChI is InChI=1S/C17H21F3N4S.HI/c1-4-21-16(23-10-15-22-9-11(2)25-15)24-12(3)13-6-5-7-14(8-13)17(18,19)20;/h5-9,12H,4,10H2,1-3H3,(H2,21,23,24);1H. The number of aromatic nitrogens is 1. The lowest BCUT2D eigenvalue weighted by molar-refractivity contribution is -0.137. The Kier molecular flexibility index (Phi) is 8.81. The van der Waals surface area contributed by atoms with Crippen LogP contribution < -0.4 is 10.6 Å². The highest BCUT2D eigenvalue weighted by molar-refractivity contribution is 14.0. The van der Waals surface area contributed by atoms with Crippen LogP contribution in [0.2, 0.25) is 0 Å². The van der Waals surface area contributed by atoms with Crippen molar-refractivity contribution in [2.45, 2.75) is 39.5 Å². The van der Waals surface area contributed by atoms with Crippen LogP contribution in [0.5, 0.6) is 0 Å². The zero-order valence-corrected chi connectivity index (χ0v) is 17.9. The number of nitrogens with zero attached hydrogens (tertiary/aromatic N) is 2. The van der Waals surface area contributed by atoms with Gasteiger partial charge in [0.05, 0.1) is 18.2 Å². The van der Waals surface area contributed by atoms with Crippen LogP contribution in [0.15, 0.2) is 35.5 Å². The van der Waals surface area contributed by atoms with Crippen LogP contribution in [0, 0.1) is 6.92 Å². The largest absolute Gasteiger partial charge is 0.416 e. The van der Waals surface area contributed by atoms with E-state index in [0.717, 1.165) is 22.0 Å². The lowest BCUT2D eigenvalue weighted by Crippen LogP contribution is -2.38. The molecular weight excluding hydrogens is 476 g/mol. The Morgan fingerprint density at radius 2 is 2.08 bits per heavy atom. The zero-order valence-electron chi connectivity index (χ0n) is 14.7. The second kappa shape index (κ2) is 10.1. The number of guanidine groups is 1. The van der Waals surface area contributed by atoms with Crippen molar-refractivity contribution >= 4 is 41.3 Å². The smallest absolute Gasteiger partial charge is 0.357 e. The van der Waals surface area contributed by atoms with Gasteiger partial charge in [0.15, 0.2) is 5.96 Å². The minimum Gasteiger partial charge on any atom is -0.357 e. The molecule has 1 aromatic carbocycles. The first-order valence-corrected chi connectivity index (χ1v) is 8.74. The van der Waals surface area contributed by atoms with E-state index in [4.69, 9.17) is 0 Å². The third kappa shape index (κ3) is 6.75. The molecule has 0 aliphatic heterocycles. The molecule has 1 atom stereocenters. The number of benzene rings is 1. The molecule has 2 aromatic rings. The van der Waals surface area contributed by atoms with Crippen molar-refractivity contribution in [2.24, 2.45) is 4.99 Å². The Bertz CT molecular complexity index is 731. The van der Waals surface area contributed by atoms with Crippen molar-refractivity contribution in [2.75, 3.05) is 6.54 Å². The minimum absolute atomic E-state index is 0. The van der Waals surface area contributed by atoms with Gasteiger partial charge in [0.2, 0.25) is 0 Å². The van der Waals surface area contributed by atoms with Gasteiger partial charge in [-0.3, -0.25) is 0 Å². The average Bonchev–Trinajstić information content (AvgIpc) is 2.97. The van der Waals surface area contributed by atoms with Gasteiger partial charge in [-0.15, -0.1) is 35.3 Å². The first-order chi connectivity index (χ1) is 11.8. The Labute approximate surface area is 172 Å². The van der Waals surface area contributed by atoms with Crippen LogP contribution in [-0.4, -0.2) is 17.5 Å². The molecule has 0 bridgehead atoms. The summed E-state index contributed by atoms with van der Waals surface area (Å²) in [5.74, 6) is 0.542. The number of aliphatic imine (C=N–C) groups is 1. The van der Waals surface area contributed by atoms with Crippen LogP contribution >= 0.6 is 35.3 Å². The maximum Gasteiger partial charge on any atom is 0.416 e. The lowest BCUT2D eigenvalue weighted by atomic mass is 10.1. The summed E-state index contributed by atoms with van der Waals surface area (Å²) in [4.78, 5) is 9.82. The summed E-state index contributed by atoms with van der Waals surface area (Å²) >= 11 is 1.57. The molecule has 0 radical (unpaired) electrons. The highest BCUT2D eigenvalue weighted by Crippen LogP contribution is 2.30. The maximum absolute atomic E-state index is 12.9. The molecule has 2 rings (SSSR count). The molecule has 9 heteroatoms. The zero-order chi connectivity index (χ0) is 18.4. The van der Waals surface area contributed by atoms with E-state index in [2.05, 4.69) is 20.6 Å². The summed E-state index contributed by atoms with van der Waals surface area (Å²) in [6, 6.07) is 4.99. The summed E-state index contributed by atoms with van der Waals surface area (Å²) in [5, 5.41) is 7.13.